The third-order valence-electron chi connectivity index (χ3n) is 4.86. The van der Waals surface area contributed by atoms with E-state index in [1.807, 2.05) is 0 Å². The van der Waals surface area contributed by atoms with E-state index in [0.29, 0.717) is 22.3 Å². The van der Waals surface area contributed by atoms with E-state index in [1.54, 1.807) is 30.3 Å². The van der Waals surface area contributed by atoms with Gasteiger partial charge in [-0.2, -0.15) is 5.10 Å². The summed E-state index contributed by atoms with van der Waals surface area (Å²) >= 11 is 12.1. The average molecular weight is 476 g/mol. The Balaban J connectivity index is 1.83. The van der Waals surface area contributed by atoms with Crippen LogP contribution in [0, 0.1) is 0 Å². The molecule has 32 heavy (non-hydrogen) atoms. The number of aryl methyl sites for hydroxylation is 1. The third kappa shape index (κ3) is 4.99. The number of nitrogens with zero attached hydrogens (tertiary/aromatic N) is 2. The molecule has 1 amide bonds. The Bertz CT molecular complexity index is 1200. The summed E-state index contributed by atoms with van der Waals surface area (Å²) in [4.78, 5) is 36.8. The van der Waals surface area contributed by atoms with Crippen LogP contribution in [-0.4, -0.2) is 37.9 Å². The first-order valence-electron chi connectivity index (χ1n) is 9.46. The van der Waals surface area contributed by atoms with Crippen molar-refractivity contribution in [2.75, 3.05) is 0 Å². The van der Waals surface area contributed by atoms with Crippen molar-refractivity contribution in [3.8, 4) is 11.1 Å². The number of aliphatic carboxylic acids is 1. The van der Waals surface area contributed by atoms with E-state index >= 15 is 0 Å². The zero-order valence-corrected chi connectivity index (χ0v) is 18.4. The number of nitrogens with one attached hydrogen (secondary N) is 1. The van der Waals surface area contributed by atoms with E-state index in [1.165, 1.54) is 25.4 Å². The van der Waals surface area contributed by atoms with Crippen molar-refractivity contribution in [1.82, 2.24) is 15.1 Å². The number of aliphatic hydroxyl groups excluding tert-OH is 1. The highest BCUT2D eigenvalue weighted by Crippen LogP contribution is 2.24. The molecular formula is C22H19Cl2N3O5. The van der Waals surface area contributed by atoms with Crippen LogP contribution in [0.5, 0.6) is 0 Å². The summed E-state index contributed by atoms with van der Waals surface area (Å²) in [6, 6.07) is 9.93. The van der Waals surface area contributed by atoms with Crippen molar-refractivity contribution in [3.63, 3.8) is 0 Å². The summed E-state index contributed by atoms with van der Waals surface area (Å²) in [5.74, 6) is -1.92. The third-order valence-corrected chi connectivity index (χ3v) is 5.49. The molecule has 1 atom stereocenters. The fourth-order valence-corrected chi connectivity index (χ4v) is 3.76. The van der Waals surface area contributed by atoms with Gasteiger partial charge in [0.1, 0.15) is 6.04 Å². The molecule has 0 aliphatic carbocycles. The minimum atomic E-state index is -1.23. The molecule has 0 saturated carbocycles. The molecule has 0 radical (unpaired) electrons. The number of carbonyl (C=O) groups excluding carboxylic acids is 1. The van der Waals surface area contributed by atoms with Crippen LogP contribution < -0.4 is 10.9 Å². The number of halogens is 2. The van der Waals surface area contributed by atoms with E-state index < -0.39 is 17.9 Å². The molecule has 0 spiro atoms. The van der Waals surface area contributed by atoms with E-state index in [9.17, 15) is 24.6 Å². The average Bonchev–Trinajstić information content (AvgIpc) is 2.75. The van der Waals surface area contributed by atoms with Crippen molar-refractivity contribution in [3.05, 3.63) is 85.8 Å². The van der Waals surface area contributed by atoms with Crippen LogP contribution in [0.15, 0.2) is 53.5 Å². The molecule has 1 aromatic heterocycles. The summed E-state index contributed by atoms with van der Waals surface area (Å²) in [5.41, 5.74) is 1.50. The van der Waals surface area contributed by atoms with Crippen LogP contribution in [-0.2, 0) is 24.9 Å². The lowest BCUT2D eigenvalue weighted by Gasteiger charge is -2.16. The van der Waals surface area contributed by atoms with Crippen molar-refractivity contribution in [2.24, 2.45) is 7.05 Å². The van der Waals surface area contributed by atoms with E-state index in [2.05, 4.69) is 10.4 Å². The largest absolute Gasteiger partial charge is 0.480 e. The Labute approximate surface area is 193 Å². The summed E-state index contributed by atoms with van der Waals surface area (Å²) in [6.45, 7) is -0.349. The highest BCUT2D eigenvalue weighted by Gasteiger charge is 2.24. The molecule has 1 heterocycles. The molecule has 3 rings (SSSR count). The fraction of sp³-hybridized carbons (Fsp3) is 0.182. The summed E-state index contributed by atoms with van der Waals surface area (Å²) < 4.78 is 1.16. The summed E-state index contributed by atoms with van der Waals surface area (Å²) in [6.07, 6.45) is 1.41. The number of aromatic nitrogens is 2. The van der Waals surface area contributed by atoms with E-state index in [4.69, 9.17) is 23.2 Å². The maximum absolute atomic E-state index is 12.6. The van der Waals surface area contributed by atoms with Gasteiger partial charge in [0.15, 0.2) is 0 Å². The van der Waals surface area contributed by atoms with Gasteiger partial charge in [-0.05, 0) is 23.3 Å². The van der Waals surface area contributed by atoms with Gasteiger partial charge in [0.2, 0.25) is 0 Å². The zero-order chi connectivity index (χ0) is 23.4. The Morgan fingerprint density at radius 3 is 2.31 bits per heavy atom. The van der Waals surface area contributed by atoms with Gasteiger partial charge >= 0.3 is 5.97 Å². The van der Waals surface area contributed by atoms with Crippen LogP contribution >= 0.6 is 23.2 Å². The molecule has 3 N–H and O–H groups in total. The first-order valence-corrected chi connectivity index (χ1v) is 10.2. The number of rotatable bonds is 7. The van der Waals surface area contributed by atoms with Gasteiger partial charge in [0.05, 0.1) is 34.0 Å². The molecule has 0 aliphatic heterocycles. The standard InChI is InChI=1S/C22H19Cl2N3O5/c1-27-21(30)18(14(11-28)10-25-27)13-7-5-12(6-8-13)9-17(22(31)32)26-20(29)19-15(23)3-2-4-16(19)24/h2-8,10,17,28H,9,11H2,1H3,(H,26,29)(H,31,32)/t17-/m0/s1. The van der Waals surface area contributed by atoms with Crippen molar-refractivity contribution >= 4 is 35.1 Å². The number of carboxylic acid groups (broad SMARTS) is 1. The topological polar surface area (TPSA) is 122 Å². The second-order valence-electron chi connectivity index (χ2n) is 6.99. The molecule has 0 bridgehead atoms. The fourth-order valence-electron chi connectivity index (χ4n) is 3.19. The maximum atomic E-state index is 12.6. The van der Waals surface area contributed by atoms with Gasteiger partial charge in [-0.15, -0.1) is 0 Å². The predicted molar refractivity (Wildman–Crippen MR) is 120 cm³/mol. The second kappa shape index (κ2) is 9.95. The number of carbonyl (C=O) groups is 2. The minimum Gasteiger partial charge on any atom is -0.480 e. The van der Waals surface area contributed by atoms with Gasteiger partial charge in [-0.3, -0.25) is 9.59 Å². The monoisotopic (exact) mass is 475 g/mol. The number of aliphatic hydroxyl groups is 1. The quantitative estimate of drug-likeness (QED) is 0.482. The molecule has 166 valence electrons. The number of carboxylic acids is 1. The van der Waals surface area contributed by atoms with Gasteiger partial charge < -0.3 is 15.5 Å². The molecule has 0 unspecified atom stereocenters. The molecule has 3 aromatic rings. The first kappa shape index (κ1) is 23.5. The smallest absolute Gasteiger partial charge is 0.326 e. The molecular weight excluding hydrogens is 457 g/mol. The molecule has 2 aromatic carbocycles. The molecule has 10 heteroatoms. The lowest BCUT2D eigenvalue weighted by Crippen LogP contribution is -2.42. The number of benzene rings is 2. The predicted octanol–water partition coefficient (Wildman–Crippen LogP) is 2.67. The van der Waals surface area contributed by atoms with Crippen LogP contribution in [0.1, 0.15) is 21.5 Å². The lowest BCUT2D eigenvalue weighted by atomic mass is 9.99. The van der Waals surface area contributed by atoms with Crippen LogP contribution in [0.4, 0.5) is 0 Å². The Hall–Kier alpha value is -3.20. The van der Waals surface area contributed by atoms with Crippen LogP contribution in [0.25, 0.3) is 11.1 Å². The summed E-state index contributed by atoms with van der Waals surface area (Å²) in [7, 11) is 1.51. The molecule has 0 fully saturated rings. The second-order valence-corrected chi connectivity index (χ2v) is 7.81. The van der Waals surface area contributed by atoms with Crippen molar-refractivity contribution < 1.29 is 19.8 Å². The Morgan fingerprint density at radius 2 is 1.75 bits per heavy atom. The normalized spacial score (nSPS) is 11.8. The number of amides is 1. The van der Waals surface area contributed by atoms with Crippen molar-refractivity contribution in [1.29, 1.82) is 0 Å². The zero-order valence-electron chi connectivity index (χ0n) is 16.9. The Morgan fingerprint density at radius 1 is 1.12 bits per heavy atom. The molecule has 8 nitrogen and oxygen atoms in total. The van der Waals surface area contributed by atoms with Crippen molar-refractivity contribution in [2.45, 2.75) is 19.1 Å². The minimum absolute atomic E-state index is 0.00231. The van der Waals surface area contributed by atoms with E-state index in [-0.39, 0.29) is 34.2 Å². The van der Waals surface area contributed by atoms with Gasteiger partial charge in [0.25, 0.3) is 11.5 Å². The SMILES string of the molecule is Cn1ncc(CO)c(-c2ccc(C[C@H](NC(=O)c3c(Cl)cccc3Cl)C(=O)O)cc2)c1=O. The molecule has 0 saturated heterocycles. The Kier molecular flexibility index (Phi) is 7.29. The van der Waals surface area contributed by atoms with Gasteiger partial charge in [-0.25, -0.2) is 9.48 Å². The molecule has 0 aliphatic rings. The van der Waals surface area contributed by atoms with Crippen LogP contribution in [0.3, 0.4) is 0 Å². The lowest BCUT2D eigenvalue weighted by molar-refractivity contribution is -0.139. The number of hydrogen-bond donors (Lipinski definition) is 3. The number of hydrogen-bond acceptors (Lipinski definition) is 5. The van der Waals surface area contributed by atoms with Gasteiger partial charge in [-0.1, -0.05) is 53.5 Å². The van der Waals surface area contributed by atoms with E-state index in [0.717, 1.165) is 4.68 Å². The first-order chi connectivity index (χ1) is 15.2. The highest BCUT2D eigenvalue weighted by molar-refractivity contribution is 6.39. The van der Waals surface area contributed by atoms with Gasteiger partial charge in [0, 0.05) is 19.0 Å². The van der Waals surface area contributed by atoms with Crippen LogP contribution in [0.2, 0.25) is 10.0 Å². The maximum Gasteiger partial charge on any atom is 0.326 e. The highest BCUT2D eigenvalue weighted by atomic mass is 35.5. The summed E-state index contributed by atoms with van der Waals surface area (Å²) in [5, 5.41) is 25.7.